The molecule has 0 aliphatic carbocycles. The van der Waals surface area contributed by atoms with E-state index in [9.17, 15) is 9.18 Å². The molecule has 1 amide bonds. The van der Waals surface area contributed by atoms with E-state index in [1.165, 1.54) is 0 Å². The molecule has 0 radical (unpaired) electrons. The zero-order chi connectivity index (χ0) is 23.3. The van der Waals surface area contributed by atoms with Crippen LogP contribution in [0.4, 0.5) is 9.18 Å². The summed E-state index contributed by atoms with van der Waals surface area (Å²) in [7, 11) is 0. The van der Waals surface area contributed by atoms with Gasteiger partial charge in [0.05, 0.1) is 11.6 Å². The molecule has 1 aromatic heterocycles. The average Bonchev–Trinajstić information content (AvgIpc) is 2.88. The molecular weight excluding hydrogens is 437 g/mol. The van der Waals surface area contributed by atoms with Crippen molar-refractivity contribution in [3.8, 4) is 11.5 Å². The van der Waals surface area contributed by atoms with Crippen molar-refractivity contribution < 1.29 is 23.4 Å². The van der Waals surface area contributed by atoms with Gasteiger partial charge in [0.2, 0.25) is 0 Å². The number of fused-ring (bicyclic) bond motifs is 3. The largest absolute Gasteiger partial charge is 0.486 e. The fourth-order valence-electron chi connectivity index (χ4n) is 4.55. The molecule has 0 saturated carbocycles. The monoisotopic (exact) mass is 465 g/mol. The number of likely N-dealkylation sites (tertiary alicyclic amines) is 1. The molecule has 0 unspecified atom stereocenters. The number of rotatable bonds is 6. The minimum absolute atomic E-state index is 0.167. The first-order valence-corrected chi connectivity index (χ1v) is 11.7. The van der Waals surface area contributed by atoms with E-state index in [2.05, 4.69) is 15.2 Å². The van der Waals surface area contributed by atoms with Gasteiger partial charge in [-0.2, -0.15) is 0 Å². The molecule has 1 N–H and O–H groups in total. The molecule has 178 valence electrons. The summed E-state index contributed by atoms with van der Waals surface area (Å²) < 4.78 is 31.7. The first-order chi connectivity index (χ1) is 16.7. The quantitative estimate of drug-likeness (QED) is 0.596. The number of ether oxygens (including phenoxy) is 3. The van der Waals surface area contributed by atoms with E-state index in [1.807, 2.05) is 48.5 Å². The topological polar surface area (TPSA) is 72.9 Å². The number of nitrogens with zero attached hydrogens (tertiary/aromatic N) is 2. The van der Waals surface area contributed by atoms with Crippen molar-refractivity contribution in [3.05, 3.63) is 65.9 Å². The molecule has 34 heavy (non-hydrogen) atoms. The Kier molecular flexibility index (Phi) is 6.76. The number of halogens is 1. The summed E-state index contributed by atoms with van der Waals surface area (Å²) in [5.74, 6) is 1.48. The Balaban J connectivity index is 1.15. The minimum Gasteiger partial charge on any atom is -0.486 e. The molecule has 0 spiro atoms. The summed E-state index contributed by atoms with van der Waals surface area (Å²) in [5, 5.41) is 3.66. The third-order valence-electron chi connectivity index (χ3n) is 6.34. The lowest BCUT2D eigenvalue weighted by Crippen LogP contribution is -2.52. The van der Waals surface area contributed by atoms with Gasteiger partial charge in [-0.15, -0.1) is 0 Å². The summed E-state index contributed by atoms with van der Waals surface area (Å²) >= 11 is 0. The number of alkyl halides is 1. The standard InChI is InChI=1S/C26H28FN3O4/c27-20-16-30(13-10-21(20)29-26(31)34-17-18-4-2-1-3-5-18)12-9-19-8-11-28-22-6-7-23-25(24(19)22)33-15-14-32-23/h1-8,11,20-21H,9-10,12-17H2,(H,29,31)/t20-,21+/m1/s1. The number of piperidine rings is 1. The summed E-state index contributed by atoms with van der Waals surface area (Å²) in [5.41, 5.74) is 2.86. The molecule has 7 nitrogen and oxygen atoms in total. The Labute approximate surface area is 197 Å². The van der Waals surface area contributed by atoms with Crippen molar-refractivity contribution in [1.29, 1.82) is 0 Å². The lowest BCUT2D eigenvalue weighted by molar-refractivity contribution is 0.0887. The summed E-state index contributed by atoms with van der Waals surface area (Å²) in [6.45, 7) is 2.89. The number of amides is 1. The summed E-state index contributed by atoms with van der Waals surface area (Å²) in [6, 6.07) is 14.7. The van der Waals surface area contributed by atoms with Crippen molar-refractivity contribution in [2.45, 2.75) is 31.7 Å². The highest BCUT2D eigenvalue weighted by molar-refractivity contribution is 5.91. The minimum atomic E-state index is -1.16. The Morgan fingerprint density at radius 1 is 1.15 bits per heavy atom. The second kappa shape index (κ2) is 10.3. The molecule has 2 aliphatic heterocycles. The number of hydrogen-bond donors (Lipinski definition) is 1. The average molecular weight is 466 g/mol. The maximum atomic E-state index is 14.9. The molecular formula is C26H28FN3O4. The zero-order valence-electron chi connectivity index (χ0n) is 18.9. The highest BCUT2D eigenvalue weighted by Gasteiger charge is 2.30. The van der Waals surface area contributed by atoms with Crippen LogP contribution in [0.15, 0.2) is 54.7 Å². The van der Waals surface area contributed by atoms with Crippen molar-refractivity contribution in [2.24, 2.45) is 0 Å². The highest BCUT2D eigenvalue weighted by Crippen LogP contribution is 2.38. The molecule has 3 aromatic rings. The molecule has 8 heteroatoms. The fraction of sp³-hybridized carbons (Fsp3) is 0.385. The number of pyridine rings is 1. The highest BCUT2D eigenvalue weighted by atomic mass is 19.1. The van der Waals surface area contributed by atoms with Crippen LogP contribution in [-0.2, 0) is 17.8 Å². The SMILES string of the molecule is O=C(N[C@H]1CCN(CCc2ccnc3ccc4c(c23)OCCO4)C[C@H]1F)OCc1ccccc1. The van der Waals surface area contributed by atoms with E-state index in [4.69, 9.17) is 14.2 Å². The van der Waals surface area contributed by atoms with Gasteiger partial charge < -0.3 is 19.5 Å². The maximum absolute atomic E-state index is 14.9. The normalized spacial score (nSPS) is 20.1. The van der Waals surface area contributed by atoms with Crippen LogP contribution in [0.2, 0.25) is 0 Å². The van der Waals surface area contributed by atoms with Gasteiger partial charge in [-0.3, -0.25) is 9.88 Å². The predicted molar refractivity (Wildman–Crippen MR) is 126 cm³/mol. The number of aromatic nitrogens is 1. The summed E-state index contributed by atoms with van der Waals surface area (Å²) in [6.07, 6.45) is 1.33. The van der Waals surface area contributed by atoms with Crippen molar-refractivity contribution in [2.75, 3.05) is 32.8 Å². The first kappa shape index (κ1) is 22.4. The predicted octanol–water partition coefficient (Wildman–Crippen LogP) is 3.89. The van der Waals surface area contributed by atoms with E-state index < -0.39 is 18.3 Å². The molecule has 2 atom stereocenters. The van der Waals surface area contributed by atoms with Gasteiger partial charge >= 0.3 is 6.09 Å². The van der Waals surface area contributed by atoms with Gasteiger partial charge in [-0.25, -0.2) is 9.18 Å². The second-order valence-corrected chi connectivity index (χ2v) is 8.62. The van der Waals surface area contributed by atoms with Crippen LogP contribution in [0.1, 0.15) is 17.5 Å². The van der Waals surface area contributed by atoms with E-state index in [-0.39, 0.29) is 13.2 Å². The lowest BCUT2D eigenvalue weighted by Gasteiger charge is -2.34. The third-order valence-corrected chi connectivity index (χ3v) is 6.34. The Morgan fingerprint density at radius 2 is 2.00 bits per heavy atom. The smallest absolute Gasteiger partial charge is 0.407 e. The van der Waals surface area contributed by atoms with Crippen molar-refractivity contribution >= 4 is 17.0 Å². The Hall–Kier alpha value is -3.39. The van der Waals surface area contributed by atoms with Gasteiger partial charge in [-0.05, 0) is 42.2 Å². The van der Waals surface area contributed by atoms with Gasteiger partial charge in [0, 0.05) is 31.2 Å². The molecule has 0 bridgehead atoms. The van der Waals surface area contributed by atoms with E-state index in [1.54, 1.807) is 6.20 Å². The van der Waals surface area contributed by atoms with Crippen molar-refractivity contribution in [3.63, 3.8) is 0 Å². The van der Waals surface area contributed by atoms with Crippen LogP contribution >= 0.6 is 0 Å². The van der Waals surface area contributed by atoms with E-state index in [0.717, 1.165) is 39.9 Å². The van der Waals surface area contributed by atoms with Crippen LogP contribution in [0.25, 0.3) is 10.9 Å². The summed E-state index contributed by atoms with van der Waals surface area (Å²) in [4.78, 5) is 18.7. The van der Waals surface area contributed by atoms with Crippen LogP contribution in [0, 0.1) is 0 Å². The molecule has 2 aromatic carbocycles. The van der Waals surface area contributed by atoms with Crippen LogP contribution in [0.3, 0.4) is 0 Å². The molecule has 1 fully saturated rings. The van der Waals surface area contributed by atoms with Crippen LogP contribution in [-0.4, -0.2) is 61.0 Å². The van der Waals surface area contributed by atoms with Gasteiger partial charge in [0.25, 0.3) is 0 Å². The molecule has 5 rings (SSSR count). The van der Waals surface area contributed by atoms with Crippen molar-refractivity contribution in [1.82, 2.24) is 15.2 Å². The number of alkyl carbamates (subject to hydrolysis) is 1. The number of hydrogen-bond acceptors (Lipinski definition) is 6. The number of carbonyl (C=O) groups excluding carboxylic acids is 1. The maximum Gasteiger partial charge on any atom is 0.407 e. The molecule has 1 saturated heterocycles. The lowest BCUT2D eigenvalue weighted by atomic mass is 10.0. The first-order valence-electron chi connectivity index (χ1n) is 11.7. The number of benzene rings is 2. The Morgan fingerprint density at radius 3 is 2.85 bits per heavy atom. The van der Waals surface area contributed by atoms with Gasteiger partial charge in [-0.1, -0.05) is 30.3 Å². The number of carbonyl (C=O) groups is 1. The van der Waals surface area contributed by atoms with Gasteiger partial charge in [0.1, 0.15) is 26.0 Å². The van der Waals surface area contributed by atoms with Crippen LogP contribution in [0.5, 0.6) is 11.5 Å². The van der Waals surface area contributed by atoms with E-state index in [0.29, 0.717) is 32.7 Å². The molecule has 2 aliphatic rings. The van der Waals surface area contributed by atoms with E-state index >= 15 is 0 Å². The van der Waals surface area contributed by atoms with Gasteiger partial charge in [0.15, 0.2) is 11.5 Å². The number of nitrogens with one attached hydrogen (secondary N) is 1. The Bertz CT molecular complexity index is 1140. The van der Waals surface area contributed by atoms with Crippen LogP contribution < -0.4 is 14.8 Å². The second-order valence-electron chi connectivity index (χ2n) is 8.62. The molecule has 3 heterocycles. The zero-order valence-corrected chi connectivity index (χ0v) is 18.9. The third kappa shape index (κ3) is 5.07. The fourth-order valence-corrected chi connectivity index (χ4v) is 4.55.